The monoisotopic (exact) mass is 342 g/mol. The van der Waals surface area contributed by atoms with E-state index < -0.39 is 0 Å². The zero-order valence-electron chi connectivity index (χ0n) is 14.2. The second-order valence-electron chi connectivity index (χ2n) is 6.36. The average molecular weight is 342 g/mol. The van der Waals surface area contributed by atoms with Gasteiger partial charge in [-0.25, -0.2) is 0 Å². The SMILES string of the molecule is C[C@H](NC(=O)[C@@H]1CCCN(C(=O)Cc2ccccc2)C1)c1ncon1. The fraction of sp³-hybridized carbons (Fsp3) is 0.444. The minimum absolute atomic E-state index is 0.0647. The maximum absolute atomic E-state index is 12.5. The molecule has 2 aromatic rings. The molecular weight excluding hydrogens is 320 g/mol. The van der Waals surface area contributed by atoms with Crippen LogP contribution >= 0.6 is 0 Å². The molecule has 2 heterocycles. The van der Waals surface area contributed by atoms with Gasteiger partial charge in [0.1, 0.15) is 0 Å². The predicted octanol–water partition coefficient (Wildman–Crippen LogP) is 1.73. The van der Waals surface area contributed by atoms with Crippen LogP contribution in [0.5, 0.6) is 0 Å². The number of amides is 2. The molecule has 1 aliphatic heterocycles. The van der Waals surface area contributed by atoms with Crippen LogP contribution < -0.4 is 5.32 Å². The highest BCUT2D eigenvalue weighted by Crippen LogP contribution is 2.19. The molecular formula is C18H22N4O3. The van der Waals surface area contributed by atoms with E-state index in [1.54, 1.807) is 4.90 Å². The van der Waals surface area contributed by atoms with Crippen LogP contribution in [0.4, 0.5) is 0 Å². The molecule has 0 spiro atoms. The van der Waals surface area contributed by atoms with Gasteiger partial charge < -0.3 is 14.7 Å². The topological polar surface area (TPSA) is 88.3 Å². The Balaban J connectivity index is 1.55. The molecule has 1 saturated heterocycles. The van der Waals surface area contributed by atoms with Crippen LogP contribution in [0, 0.1) is 5.92 Å². The Morgan fingerprint density at radius 3 is 2.88 bits per heavy atom. The minimum Gasteiger partial charge on any atom is -0.346 e. The Morgan fingerprint density at radius 1 is 1.36 bits per heavy atom. The average Bonchev–Trinajstić information content (AvgIpc) is 3.17. The molecule has 1 N–H and O–H groups in total. The molecule has 25 heavy (non-hydrogen) atoms. The normalized spacial score (nSPS) is 18.6. The van der Waals surface area contributed by atoms with Gasteiger partial charge >= 0.3 is 0 Å². The molecule has 2 atom stereocenters. The standard InChI is InChI=1S/C18H22N4O3/c1-13(17-19-12-25-21-17)20-18(24)15-8-5-9-22(11-15)16(23)10-14-6-3-2-4-7-14/h2-4,6-7,12-13,15H,5,8-11H2,1H3,(H,20,24)/t13-,15+/m0/s1. The molecule has 7 heteroatoms. The lowest BCUT2D eigenvalue weighted by molar-refractivity contribution is -0.135. The molecule has 7 nitrogen and oxygen atoms in total. The summed E-state index contributed by atoms with van der Waals surface area (Å²) in [4.78, 5) is 30.7. The number of nitrogens with one attached hydrogen (secondary N) is 1. The third kappa shape index (κ3) is 4.43. The number of hydrogen-bond donors (Lipinski definition) is 1. The summed E-state index contributed by atoms with van der Waals surface area (Å²) >= 11 is 0. The van der Waals surface area contributed by atoms with E-state index in [-0.39, 0.29) is 23.8 Å². The molecule has 0 aliphatic carbocycles. The van der Waals surface area contributed by atoms with Gasteiger partial charge in [0.2, 0.25) is 18.2 Å². The molecule has 1 aliphatic rings. The highest BCUT2D eigenvalue weighted by Gasteiger charge is 2.29. The molecule has 0 unspecified atom stereocenters. The number of piperidine rings is 1. The number of benzene rings is 1. The van der Waals surface area contributed by atoms with Crippen molar-refractivity contribution in [3.63, 3.8) is 0 Å². The largest absolute Gasteiger partial charge is 0.346 e. The van der Waals surface area contributed by atoms with Crippen molar-refractivity contribution in [3.8, 4) is 0 Å². The lowest BCUT2D eigenvalue weighted by Crippen LogP contribution is -2.46. The van der Waals surface area contributed by atoms with Crippen molar-refractivity contribution < 1.29 is 14.1 Å². The number of hydrogen-bond acceptors (Lipinski definition) is 5. The summed E-state index contributed by atoms with van der Waals surface area (Å²) < 4.78 is 4.70. The van der Waals surface area contributed by atoms with Gasteiger partial charge in [0, 0.05) is 13.1 Å². The molecule has 3 rings (SSSR count). The minimum atomic E-state index is -0.318. The van der Waals surface area contributed by atoms with Crippen molar-refractivity contribution in [2.75, 3.05) is 13.1 Å². The zero-order valence-corrected chi connectivity index (χ0v) is 14.2. The fourth-order valence-corrected chi connectivity index (χ4v) is 3.07. The van der Waals surface area contributed by atoms with E-state index in [0.29, 0.717) is 25.3 Å². The zero-order chi connectivity index (χ0) is 17.6. The van der Waals surface area contributed by atoms with Crippen LogP contribution in [-0.2, 0) is 16.0 Å². The highest BCUT2D eigenvalue weighted by atomic mass is 16.5. The Labute approximate surface area is 146 Å². The van der Waals surface area contributed by atoms with Crippen LogP contribution in [0.1, 0.15) is 37.2 Å². The maximum atomic E-state index is 12.5. The Morgan fingerprint density at radius 2 is 2.16 bits per heavy atom. The lowest BCUT2D eigenvalue weighted by Gasteiger charge is -2.32. The van der Waals surface area contributed by atoms with Crippen LogP contribution in [0.15, 0.2) is 41.2 Å². The Hall–Kier alpha value is -2.70. The number of rotatable bonds is 5. The second kappa shape index (κ2) is 7.92. The second-order valence-corrected chi connectivity index (χ2v) is 6.36. The Bertz CT molecular complexity index is 702. The third-order valence-corrected chi connectivity index (χ3v) is 4.47. The van der Waals surface area contributed by atoms with Gasteiger partial charge in [0.25, 0.3) is 0 Å². The lowest BCUT2D eigenvalue weighted by atomic mass is 9.96. The smallest absolute Gasteiger partial charge is 0.227 e. The first kappa shape index (κ1) is 17.1. The van der Waals surface area contributed by atoms with E-state index in [9.17, 15) is 9.59 Å². The molecule has 0 radical (unpaired) electrons. The van der Waals surface area contributed by atoms with Crippen molar-refractivity contribution in [3.05, 3.63) is 48.1 Å². The van der Waals surface area contributed by atoms with Gasteiger partial charge in [0.15, 0.2) is 5.82 Å². The van der Waals surface area contributed by atoms with Crippen LogP contribution in [-0.4, -0.2) is 39.9 Å². The van der Waals surface area contributed by atoms with E-state index >= 15 is 0 Å². The van der Waals surface area contributed by atoms with Gasteiger partial charge in [-0.2, -0.15) is 4.98 Å². The Kier molecular flexibility index (Phi) is 5.42. The van der Waals surface area contributed by atoms with Crippen molar-refractivity contribution in [1.82, 2.24) is 20.4 Å². The number of likely N-dealkylation sites (tertiary alicyclic amines) is 1. The fourth-order valence-electron chi connectivity index (χ4n) is 3.07. The van der Waals surface area contributed by atoms with Crippen LogP contribution in [0.2, 0.25) is 0 Å². The van der Waals surface area contributed by atoms with Crippen LogP contribution in [0.3, 0.4) is 0 Å². The highest BCUT2D eigenvalue weighted by molar-refractivity contribution is 5.82. The van der Waals surface area contributed by atoms with E-state index in [1.807, 2.05) is 37.3 Å². The van der Waals surface area contributed by atoms with Crippen molar-refractivity contribution in [2.45, 2.75) is 32.2 Å². The summed E-state index contributed by atoms with van der Waals surface area (Å²) in [6.45, 7) is 2.97. The number of carbonyl (C=O) groups is 2. The first-order valence-electron chi connectivity index (χ1n) is 8.52. The molecule has 0 saturated carbocycles. The van der Waals surface area contributed by atoms with Crippen molar-refractivity contribution in [1.29, 1.82) is 0 Å². The van der Waals surface area contributed by atoms with E-state index in [2.05, 4.69) is 15.5 Å². The molecule has 132 valence electrons. The van der Waals surface area contributed by atoms with Gasteiger partial charge in [-0.15, -0.1) is 0 Å². The van der Waals surface area contributed by atoms with Gasteiger partial charge in [0.05, 0.1) is 18.4 Å². The first-order valence-corrected chi connectivity index (χ1v) is 8.52. The molecule has 0 bridgehead atoms. The summed E-state index contributed by atoms with van der Waals surface area (Å²) in [6.07, 6.45) is 3.21. The van der Waals surface area contributed by atoms with Crippen molar-refractivity contribution in [2.24, 2.45) is 5.92 Å². The summed E-state index contributed by atoms with van der Waals surface area (Å²) in [7, 11) is 0. The van der Waals surface area contributed by atoms with E-state index in [1.165, 1.54) is 6.39 Å². The van der Waals surface area contributed by atoms with Crippen molar-refractivity contribution >= 4 is 11.8 Å². The number of aromatic nitrogens is 2. The van der Waals surface area contributed by atoms with Crippen LogP contribution in [0.25, 0.3) is 0 Å². The quantitative estimate of drug-likeness (QED) is 0.894. The van der Waals surface area contributed by atoms with E-state index in [0.717, 1.165) is 18.4 Å². The van der Waals surface area contributed by atoms with Gasteiger partial charge in [-0.1, -0.05) is 35.5 Å². The molecule has 2 amide bonds. The predicted molar refractivity (Wildman–Crippen MR) is 90.3 cm³/mol. The van der Waals surface area contributed by atoms with Gasteiger partial charge in [-0.05, 0) is 25.3 Å². The maximum Gasteiger partial charge on any atom is 0.227 e. The third-order valence-electron chi connectivity index (χ3n) is 4.47. The summed E-state index contributed by atoms with van der Waals surface area (Å²) in [5.41, 5.74) is 0.991. The summed E-state index contributed by atoms with van der Waals surface area (Å²) in [5.74, 6) is 0.230. The van der Waals surface area contributed by atoms with E-state index in [4.69, 9.17) is 4.52 Å². The number of nitrogens with zero attached hydrogens (tertiary/aromatic N) is 3. The molecule has 1 aromatic heterocycles. The van der Waals surface area contributed by atoms with Gasteiger partial charge in [-0.3, -0.25) is 9.59 Å². The summed E-state index contributed by atoms with van der Waals surface area (Å²) in [6, 6.07) is 9.35. The molecule has 1 fully saturated rings. The first-order chi connectivity index (χ1) is 12.1. The number of carbonyl (C=O) groups excluding carboxylic acids is 2. The summed E-state index contributed by atoms with van der Waals surface area (Å²) in [5, 5.41) is 6.64. The molecule has 1 aromatic carbocycles.